The number of hydrogen-bond donors (Lipinski definition) is 1. The molecule has 0 bridgehead atoms. The molecule has 3 heterocycles. The summed E-state index contributed by atoms with van der Waals surface area (Å²) in [7, 11) is 1.68. The lowest BCUT2D eigenvalue weighted by molar-refractivity contribution is 0.149. The molecule has 3 aromatic rings. The van der Waals surface area contributed by atoms with Crippen molar-refractivity contribution >= 4 is 16.3 Å². The minimum absolute atomic E-state index is 0.0262. The van der Waals surface area contributed by atoms with E-state index in [1.54, 1.807) is 11.6 Å². The molecule has 0 amide bonds. The molecule has 1 aliphatic heterocycles. The van der Waals surface area contributed by atoms with E-state index in [4.69, 9.17) is 4.74 Å². The zero-order valence-corrected chi connectivity index (χ0v) is 16.2. The van der Waals surface area contributed by atoms with Crippen molar-refractivity contribution in [3.63, 3.8) is 0 Å². The molecule has 26 heavy (non-hydrogen) atoms. The van der Waals surface area contributed by atoms with Crippen LogP contribution < -0.4 is 4.74 Å². The summed E-state index contributed by atoms with van der Waals surface area (Å²) >= 11 is 1.51. The Kier molecular flexibility index (Phi) is 4.58. The summed E-state index contributed by atoms with van der Waals surface area (Å²) in [6, 6.07) is 8.09. The molecule has 2 unspecified atom stereocenters. The van der Waals surface area contributed by atoms with Crippen LogP contribution >= 0.6 is 11.3 Å². The van der Waals surface area contributed by atoms with Crippen molar-refractivity contribution < 1.29 is 9.84 Å². The number of hydrogen-bond acceptors (Lipinski definition) is 6. The van der Waals surface area contributed by atoms with Gasteiger partial charge in [0.05, 0.1) is 18.0 Å². The number of aromatic nitrogens is 3. The smallest absolute Gasteiger partial charge is 0.230 e. The Morgan fingerprint density at radius 1 is 1.38 bits per heavy atom. The Morgan fingerprint density at radius 3 is 2.96 bits per heavy atom. The number of aryl methyl sites for hydroxylation is 1. The van der Waals surface area contributed by atoms with Gasteiger partial charge < -0.3 is 9.84 Å². The van der Waals surface area contributed by atoms with Crippen LogP contribution in [-0.2, 0) is 0 Å². The van der Waals surface area contributed by atoms with Crippen LogP contribution in [0.3, 0.4) is 0 Å². The molecule has 1 aromatic carbocycles. The number of fused-ring (bicyclic) bond motifs is 1. The third-order valence-corrected chi connectivity index (χ3v) is 6.09. The van der Waals surface area contributed by atoms with E-state index in [2.05, 4.69) is 34.0 Å². The molecule has 138 valence electrons. The molecule has 1 fully saturated rings. The number of ether oxygens (including phenoxy) is 1. The van der Waals surface area contributed by atoms with E-state index in [-0.39, 0.29) is 11.9 Å². The first-order chi connectivity index (χ1) is 12.6. The standard InChI is InChI=1S/C19H24N4O2S/c1-12-6-5-9-22(11-12)16(14-7-4-8-15(10-14)25-3)17-18(24)23-19(26-17)20-13(2)21-23/h4,7-8,10,12,16,24H,5-6,9,11H2,1-3H3. The molecule has 0 saturated carbocycles. The molecule has 1 saturated heterocycles. The van der Waals surface area contributed by atoms with Crippen LogP contribution in [0.4, 0.5) is 0 Å². The summed E-state index contributed by atoms with van der Waals surface area (Å²) in [6.45, 7) is 6.15. The molecule has 2 aromatic heterocycles. The second-order valence-corrected chi connectivity index (χ2v) is 8.07. The molecule has 4 rings (SSSR count). The van der Waals surface area contributed by atoms with Crippen LogP contribution in [0.5, 0.6) is 11.6 Å². The first kappa shape index (κ1) is 17.3. The summed E-state index contributed by atoms with van der Waals surface area (Å²) in [4.78, 5) is 8.51. The average molecular weight is 372 g/mol. The molecule has 6 nitrogen and oxygen atoms in total. The summed E-state index contributed by atoms with van der Waals surface area (Å²) < 4.78 is 6.98. The SMILES string of the molecule is COc1cccc(C(c2sc3nc(C)nn3c2O)N2CCCC(C)C2)c1. The Balaban J connectivity index is 1.83. The van der Waals surface area contributed by atoms with Gasteiger partial charge in [-0.1, -0.05) is 30.4 Å². The zero-order valence-electron chi connectivity index (χ0n) is 15.3. The van der Waals surface area contributed by atoms with Crippen molar-refractivity contribution in [3.8, 4) is 11.6 Å². The van der Waals surface area contributed by atoms with Crippen LogP contribution in [-0.4, -0.2) is 44.8 Å². The third kappa shape index (κ3) is 3.05. The maximum atomic E-state index is 10.9. The lowest BCUT2D eigenvalue weighted by atomic mass is 9.95. The van der Waals surface area contributed by atoms with Gasteiger partial charge in [-0.3, -0.25) is 4.90 Å². The van der Waals surface area contributed by atoms with E-state index in [0.717, 1.165) is 34.2 Å². The highest BCUT2D eigenvalue weighted by atomic mass is 32.1. The quantitative estimate of drug-likeness (QED) is 0.758. The van der Waals surface area contributed by atoms with Crippen molar-refractivity contribution in [2.24, 2.45) is 5.92 Å². The predicted molar refractivity (Wildman–Crippen MR) is 102 cm³/mol. The maximum Gasteiger partial charge on any atom is 0.230 e. The normalized spacial score (nSPS) is 19.7. The topological polar surface area (TPSA) is 62.9 Å². The molecule has 2 atom stereocenters. The van der Waals surface area contributed by atoms with E-state index in [1.165, 1.54) is 24.2 Å². The second kappa shape index (κ2) is 6.89. The monoisotopic (exact) mass is 372 g/mol. The number of rotatable bonds is 4. The van der Waals surface area contributed by atoms with Gasteiger partial charge in [-0.15, -0.1) is 5.10 Å². The van der Waals surface area contributed by atoms with E-state index >= 15 is 0 Å². The Morgan fingerprint density at radius 2 is 2.23 bits per heavy atom. The van der Waals surface area contributed by atoms with Crippen LogP contribution in [0, 0.1) is 12.8 Å². The van der Waals surface area contributed by atoms with Gasteiger partial charge in [0, 0.05) is 6.54 Å². The number of nitrogens with zero attached hydrogens (tertiary/aromatic N) is 4. The fourth-order valence-electron chi connectivity index (χ4n) is 3.83. The molecule has 1 aliphatic rings. The molecule has 0 aliphatic carbocycles. The average Bonchev–Trinajstić information content (AvgIpc) is 3.13. The van der Waals surface area contributed by atoms with Crippen molar-refractivity contribution in [2.45, 2.75) is 32.7 Å². The van der Waals surface area contributed by atoms with Gasteiger partial charge >= 0.3 is 0 Å². The first-order valence-corrected chi connectivity index (χ1v) is 9.81. The van der Waals surface area contributed by atoms with E-state index in [9.17, 15) is 5.11 Å². The third-order valence-electron chi connectivity index (χ3n) is 5.02. The van der Waals surface area contributed by atoms with Crippen molar-refractivity contribution in [2.75, 3.05) is 20.2 Å². The van der Waals surface area contributed by atoms with E-state index < -0.39 is 0 Å². The number of thiazole rings is 1. The van der Waals surface area contributed by atoms with Gasteiger partial charge in [-0.2, -0.15) is 4.52 Å². The van der Waals surface area contributed by atoms with Gasteiger partial charge in [0.1, 0.15) is 11.6 Å². The zero-order chi connectivity index (χ0) is 18.3. The number of benzene rings is 1. The van der Waals surface area contributed by atoms with Crippen LogP contribution in [0.2, 0.25) is 0 Å². The van der Waals surface area contributed by atoms with Gasteiger partial charge in [-0.05, 0) is 49.9 Å². The Hall–Kier alpha value is -2.12. The first-order valence-electron chi connectivity index (χ1n) is 9.00. The fraction of sp³-hybridized carbons (Fsp3) is 0.474. The molecule has 7 heteroatoms. The predicted octanol–water partition coefficient (Wildman–Crippen LogP) is 3.63. The van der Waals surface area contributed by atoms with Crippen LogP contribution in [0.15, 0.2) is 24.3 Å². The molecule has 0 radical (unpaired) electrons. The van der Waals surface area contributed by atoms with Crippen LogP contribution in [0.1, 0.15) is 42.1 Å². The minimum Gasteiger partial charge on any atom is -0.497 e. The maximum absolute atomic E-state index is 10.9. The van der Waals surface area contributed by atoms with Crippen LogP contribution in [0.25, 0.3) is 4.96 Å². The molecular weight excluding hydrogens is 348 g/mol. The summed E-state index contributed by atoms with van der Waals surface area (Å²) in [6.07, 6.45) is 2.42. The van der Waals surface area contributed by atoms with E-state index in [0.29, 0.717) is 11.7 Å². The van der Waals surface area contributed by atoms with Crippen molar-refractivity contribution in [1.82, 2.24) is 19.5 Å². The summed E-state index contributed by atoms with van der Waals surface area (Å²) in [5, 5.41) is 15.2. The van der Waals surface area contributed by atoms with Crippen molar-refractivity contribution in [1.29, 1.82) is 0 Å². The van der Waals surface area contributed by atoms with Gasteiger partial charge in [0.2, 0.25) is 10.8 Å². The number of likely N-dealkylation sites (tertiary alicyclic amines) is 1. The highest BCUT2D eigenvalue weighted by Gasteiger charge is 2.32. The summed E-state index contributed by atoms with van der Waals surface area (Å²) in [5.74, 6) is 2.33. The fourth-order valence-corrected chi connectivity index (χ4v) is 4.99. The minimum atomic E-state index is -0.0262. The number of methoxy groups -OCH3 is 1. The highest BCUT2D eigenvalue weighted by molar-refractivity contribution is 7.17. The van der Waals surface area contributed by atoms with Crippen molar-refractivity contribution in [3.05, 3.63) is 40.5 Å². The Bertz CT molecular complexity index is 920. The molecule has 0 spiro atoms. The Labute approximate surface area is 157 Å². The van der Waals surface area contributed by atoms with Gasteiger partial charge in [0.25, 0.3) is 0 Å². The lowest BCUT2D eigenvalue weighted by Gasteiger charge is -2.37. The number of aromatic hydroxyl groups is 1. The van der Waals surface area contributed by atoms with Gasteiger partial charge in [-0.25, -0.2) is 4.98 Å². The molecule has 1 N–H and O–H groups in total. The number of piperidine rings is 1. The van der Waals surface area contributed by atoms with Gasteiger partial charge in [0.15, 0.2) is 0 Å². The lowest BCUT2D eigenvalue weighted by Crippen LogP contribution is -2.37. The largest absolute Gasteiger partial charge is 0.497 e. The molecular formula is C19H24N4O2S. The van der Waals surface area contributed by atoms with E-state index in [1.807, 2.05) is 19.1 Å². The second-order valence-electron chi connectivity index (χ2n) is 7.06. The highest BCUT2D eigenvalue weighted by Crippen LogP contribution is 2.41. The summed E-state index contributed by atoms with van der Waals surface area (Å²) in [5.41, 5.74) is 1.12.